The van der Waals surface area contributed by atoms with Crippen molar-refractivity contribution < 1.29 is 22.7 Å². The molecule has 1 amide bonds. The van der Waals surface area contributed by atoms with Gasteiger partial charge < -0.3 is 19.7 Å². The van der Waals surface area contributed by atoms with Crippen molar-refractivity contribution in [3.8, 4) is 11.5 Å². The van der Waals surface area contributed by atoms with Crippen LogP contribution in [0.5, 0.6) is 11.5 Å². The van der Waals surface area contributed by atoms with Gasteiger partial charge in [0.25, 0.3) is 10.0 Å². The first-order valence-corrected chi connectivity index (χ1v) is 12.9. The number of amides is 1. The number of fused-ring (bicyclic) bond motifs is 1. The molecule has 1 fully saturated rings. The summed E-state index contributed by atoms with van der Waals surface area (Å²) < 4.78 is 39.2. The van der Waals surface area contributed by atoms with E-state index in [1.54, 1.807) is 36.4 Å². The van der Waals surface area contributed by atoms with Crippen LogP contribution in [0, 0.1) is 0 Å². The molecule has 0 bridgehead atoms. The lowest BCUT2D eigenvalue weighted by Gasteiger charge is -2.27. The predicted octanol–water partition coefficient (Wildman–Crippen LogP) is 2.65. The largest absolute Gasteiger partial charge is 0.486 e. The van der Waals surface area contributed by atoms with Gasteiger partial charge in [-0.3, -0.25) is 9.10 Å². The molecule has 9 heteroatoms. The molecule has 2 aliphatic heterocycles. The van der Waals surface area contributed by atoms with Crippen LogP contribution in [0.2, 0.25) is 0 Å². The van der Waals surface area contributed by atoms with Crippen molar-refractivity contribution in [1.82, 2.24) is 10.2 Å². The summed E-state index contributed by atoms with van der Waals surface area (Å²) in [4.78, 5) is 15.3. The smallest absolute Gasteiger partial charge is 0.264 e. The van der Waals surface area contributed by atoms with E-state index in [0.29, 0.717) is 36.9 Å². The molecule has 0 aliphatic carbocycles. The molecule has 4 rings (SSSR count). The van der Waals surface area contributed by atoms with E-state index in [1.807, 2.05) is 0 Å². The molecule has 2 aromatic rings. The first-order chi connectivity index (χ1) is 16.0. The van der Waals surface area contributed by atoms with Gasteiger partial charge in [0.1, 0.15) is 19.8 Å². The molecule has 33 heavy (non-hydrogen) atoms. The number of carbonyl (C=O) groups excluding carboxylic acids is 1. The van der Waals surface area contributed by atoms with E-state index in [4.69, 9.17) is 9.47 Å². The normalized spacial score (nSPS) is 16.2. The molecule has 1 N–H and O–H groups in total. The number of anilines is 1. The molecule has 2 heterocycles. The molecule has 2 aromatic carbocycles. The van der Waals surface area contributed by atoms with Crippen LogP contribution < -0.4 is 19.1 Å². The second-order valence-electron chi connectivity index (χ2n) is 8.26. The number of ether oxygens (including phenoxy) is 2. The lowest BCUT2D eigenvalue weighted by atomic mass is 10.1. The number of hydrogen-bond donors (Lipinski definition) is 1. The van der Waals surface area contributed by atoms with Gasteiger partial charge in [-0.25, -0.2) is 8.42 Å². The number of carbonyl (C=O) groups is 1. The Balaban J connectivity index is 1.46. The fraction of sp³-hybridized carbons (Fsp3) is 0.458. The van der Waals surface area contributed by atoms with Gasteiger partial charge in [0.2, 0.25) is 5.91 Å². The molecule has 2 aliphatic rings. The predicted molar refractivity (Wildman–Crippen MR) is 126 cm³/mol. The molecule has 0 saturated carbocycles. The van der Waals surface area contributed by atoms with E-state index in [0.717, 1.165) is 30.4 Å². The highest BCUT2D eigenvalue weighted by Crippen LogP contribution is 2.35. The first-order valence-electron chi connectivity index (χ1n) is 11.5. The lowest BCUT2D eigenvalue weighted by Crippen LogP contribution is -2.41. The minimum atomic E-state index is -3.96. The summed E-state index contributed by atoms with van der Waals surface area (Å²) in [5.41, 5.74) is 0.353. The van der Waals surface area contributed by atoms with Crippen LogP contribution in [0.4, 0.5) is 5.69 Å². The third kappa shape index (κ3) is 5.97. The molecule has 0 atom stereocenters. The second-order valence-corrected chi connectivity index (χ2v) is 10.1. The number of benzene rings is 2. The van der Waals surface area contributed by atoms with Crippen molar-refractivity contribution in [3.05, 3.63) is 48.5 Å². The minimum absolute atomic E-state index is 0.123. The van der Waals surface area contributed by atoms with Gasteiger partial charge in [0, 0.05) is 12.6 Å². The van der Waals surface area contributed by atoms with Crippen molar-refractivity contribution in [1.29, 1.82) is 0 Å². The van der Waals surface area contributed by atoms with Crippen molar-refractivity contribution in [2.45, 2.75) is 30.6 Å². The van der Waals surface area contributed by atoms with E-state index in [9.17, 15) is 13.2 Å². The molecule has 178 valence electrons. The van der Waals surface area contributed by atoms with Crippen molar-refractivity contribution in [2.75, 3.05) is 50.2 Å². The highest BCUT2D eigenvalue weighted by atomic mass is 32.2. The Morgan fingerprint density at radius 3 is 2.45 bits per heavy atom. The highest BCUT2D eigenvalue weighted by molar-refractivity contribution is 7.92. The maximum absolute atomic E-state index is 13.4. The number of nitrogens with one attached hydrogen (secondary N) is 1. The van der Waals surface area contributed by atoms with E-state index < -0.39 is 10.0 Å². The standard InChI is InChI=1S/C24H31N3O5S/c28-24(25-12-7-15-26-13-5-2-6-14-26)19-27(33(29,30)21-8-3-1-4-9-21)20-10-11-22-23(18-20)32-17-16-31-22/h1,3-4,8-11,18H,2,5-7,12-17,19H2,(H,25,28). The second kappa shape index (κ2) is 10.9. The number of nitrogens with zero attached hydrogens (tertiary/aromatic N) is 2. The quantitative estimate of drug-likeness (QED) is 0.564. The third-order valence-corrected chi connectivity index (χ3v) is 7.64. The number of sulfonamides is 1. The number of piperidine rings is 1. The zero-order chi connectivity index (χ0) is 23.1. The van der Waals surface area contributed by atoms with Gasteiger partial charge >= 0.3 is 0 Å². The summed E-state index contributed by atoms with van der Waals surface area (Å²) in [5.74, 6) is 0.682. The molecule has 8 nitrogen and oxygen atoms in total. The Morgan fingerprint density at radius 2 is 1.70 bits per heavy atom. The average Bonchev–Trinajstić information content (AvgIpc) is 2.86. The van der Waals surface area contributed by atoms with Crippen LogP contribution in [0.15, 0.2) is 53.4 Å². The van der Waals surface area contributed by atoms with Gasteiger partial charge in [0.05, 0.1) is 10.6 Å². The number of hydrogen-bond acceptors (Lipinski definition) is 6. The maximum Gasteiger partial charge on any atom is 0.264 e. The Hall–Kier alpha value is -2.78. The van der Waals surface area contributed by atoms with E-state index in [1.165, 1.54) is 31.4 Å². The zero-order valence-electron chi connectivity index (χ0n) is 18.7. The summed E-state index contributed by atoms with van der Waals surface area (Å²) in [6.45, 7) is 4.19. The summed E-state index contributed by atoms with van der Waals surface area (Å²) in [5, 5.41) is 2.88. The first kappa shape index (κ1) is 23.4. The molecule has 0 spiro atoms. The molecular formula is C24H31N3O5S. The van der Waals surface area contributed by atoms with Crippen LogP contribution in [0.3, 0.4) is 0 Å². The SMILES string of the molecule is O=C(CN(c1ccc2c(c1)OCCO2)S(=O)(=O)c1ccccc1)NCCCN1CCCCC1. The third-order valence-electron chi connectivity index (χ3n) is 5.85. The fourth-order valence-corrected chi connectivity index (χ4v) is 5.56. The van der Waals surface area contributed by atoms with Crippen LogP contribution >= 0.6 is 0 Å². The lowest BCUT2D eigenvalue weighted by molar-refractivity contribution is -0.119. The maximum atomic E-state index is 13.4. The summed E-state index contributed by atoms with van der Waals surface area (Å²) in [7, 11) is -3.96. The average molecular weight is 474 g/mol. The summed E-state index contributed by atoms with van der Waals surface area (Å²) in [6.07, 6.45) is 4.59. The Morgan fingerprint density at radius 1 is 0.970 bits per heavy atom. The van der Waals surface area contributed by atoms with Crippen molar-refractivity contribution >= 4 is 21.6 Å². The van der Waals surface area contributed by atoms with Gasteiger partial charge in [0.15, 0.2) is 11.5 Å². The van der Waals surface area contributed by atoms with Gasteiger partial charge in [-0.1, -0.05) is 24.6 Å². The highest BCUT2D eigenvalue weighted by Gasteiger charge is 2.28. The van der Waals surface area contributed by atoms with E-state index >= 15 is 0 Å². The van der Waals surface area contributed by atoms with Crippen LogP contribution in [0.1, 0.15) is 25.7 Å². The number of likely N-dealkylation sites (tertiary alicyclic amines) is 1. The Bertz CT molecular complexity index is 1040. The van der Waals surface area contributed by atoms with Crippen LogP contribution in [-0.2, 0) is 14.8 Å². The topological polar surface area (TPSA) is 88.2 Å². The van der Waals surface area contributed by atoms with Gasteiger partial charge in [-0.2, -0.15) is 0 Å². The van der Waals surface area contributed by atoms with Gasteiger partial charge in [-0.15, -0.1) is 0 Å². The Kier molecular flexibility index (Phi) is 7.72. The van der Waals surface area contributed by atoms with Gasteiger partial charge in [-0.05, 0) is 63.2 Å². The van der Waals surface area contributed by atoms with Crippen LogP contribution in [-0.4, -0.2) is 65.2 Å². The Labute approximate surface area is 195 Å². The van der Waals surface area contributed by atoms with E-state index in [2.05, 4.69) is 10.2 Å². The molecule has 0 aromatic heterocycles. The minimum Gasteiger partial charge on any atom is -0.486 e. The summed E-state index contributed by atoms with van der Waals surface area (Å²) >= 11 is 0. The molecule has 0 radical (unpaired) electrons. The van der Waals surface area contributed by atoms with Crippen molar-refractivity contribution in [3.63, 3.8) is 0 Å². The summed E-state index contributed by atoms with van der Waals surface area (Å²) in [6, 6.07) is 13.0. The van der Waals surface area contributed by atoms with E-state index in [-0.39, 0.29) is 17.3 Å². The zero-order valence-corrected chi connectivity index (χ0v) is 19.6. The molecular weight excluding hydrogens is 442 g/mol. The fourth-order valence-electron chi connectivity index (χ4n) is 4.12. The number of rotatable bonds is 9. The molecule has 1 saturated heterocycles. The van der Waals surface area contributed by atoms with Crippen molar-refractivity contribution in [2.24, 2.45) is 0 Å². The monoisotopic (exact) mass is 473 g/mol. The van der Waals surface area contributed by atoms with Crippen LogP contribution in [0.25, 0.3) is 0 Å². The molecule has 0 unspecified atom stereocenters.